The number of aromatic nitrogens is 2. The Balaban J connectivity index is 1.99. The average molecular weight is 268 g/mol. The third kappa shape index (κ3) is 3.17. The summed E-state index contributed by atoms with van der Waals surface area (Å²) in [6, 6.07) is 5.71. The fraction of sp³-hybridized carbons (Fsp3) is 0.250. The molecule has 0 bridgehead atoms. The van der Waals surface area contributed by atoms with Crippen molar-refractivity contribution in [3.63, 3.8) is 0 Å². The van der Waals surface area contributed by atoms with Crippen LogP contribution in [0.4, 0.5) is 5.69 Å². The van der Waals surface area contributed by atoms with Gasteiger partial charge in [-0.25, -0.2) is 0 Å². The van der Waals surface area contributed by atoms with Gasteiger partial charge in [-0.2, -0.15) is 5.10 Å². The number of halogens is 1. The van der Waals surface area contributed by atoms with Crippen molar-refractivity contribution in [3.05, 3.63) is 41.2 Å². The Morgan fingerprint density at radius 2 is 2.29 bits per heavy atom. The molecule has 0 saturated carbocycles. The van der Waals surface area contributed by atoms with Gasteiger partial charge >= 0.3 is 0 Å². The monoisotopic (exact) mass is 267 g/mol. The number of nitrogens with zero attached hydrogens (tertiary/aromatic N) is 2. The van der Waals surface area contributed by atoms with E-state index < -0.39 is 0 Å². The summed E-state index contributed by atoms with van der Waals surface area (Å²) in [6.45, 7) is 2.97. The second kappa shape index (κ2) is 5.47. The van der Waals surface area contributed by atoms with E-state index in [0.717, 1.165) is 17.2 Å². The summed E-state index contributed by atoms with van der Waals surface area (Å²) in [5.41, 5.74) is 7.50. The van der Waals surface area contributed by atoms with E-state index in [2.05, 4.69) is 18.2 Å². The number of hydrogen-bond acceptors (Lipinski definition) is 3. The van der Waals surface area contributed by atoms with Gasteiger partial charge in [0.2, 0.25) is 0 Å². The van der Waals surface area contributed by atoms with Crippen molar-refractivity contribution in [1.82, 2.24) is 9.78 Å². The second-order valence-electron chi connectivity index (χ2n) is 3.68. The van der Waals surface area contributed by atoms with Gasteiger partial charge in [0.1, 0.15) is 0 Å². The molecule has 1 aromatic heterocycles. The van der Waals surface area contributed by atoms with Gasteiger partial charge in [-0.15, -0.1) is 11.8 Å². The van der Waals surface area contributed by atoms with E-state index in [4.69, 9.17) is 17.3 Å². The molecule has 0 fully saturated rings. The zero-order chi connectivity index (χ0) is 12.3. The molecule has 3 nitrogen and oxygen atoms in total. The van der Waals surface area contributed by atoms with Crippen molar-refractivity contribution < 1.29 is 0 Å². The van der Waals surface area contributed by atoms with Crippen molar-refractivity contribution in [1.29, 1.82) is 0 Å². The number of nitrogens with two attached hydrogens (primary N) is 1. The van der Waals surface area contributed by atoms with Crippen molar-refractivity contribution in [2.45, 2.75) is 24.1 Å². The van der Waals surface area contributed by atoms with Crippen LogP contribution in [0.3, 0.4) is 0 Å². The Kier molecular flexibility index (Phi) is 3.97. The first kappa shape index (κ1) is 12.3. The van der Waals surface area contributed by atoms with Gasteiger partial charge < -0.3 is 5.73 Å². The highest BCUT2D eigenvalue weighted by Gasteiger charge is 2.02. The summed E-state index contributed by atoms with van der Waals surface area (Å²) in [4.78, 5) is 1.12. The molecule has 0 aliphatic rings. The predicted octanol–water partition coefficient (Wildman–Crippen LogP) is 3.43. The van der Waals surface area contributed by atoms with Crippen LogP contribution in [-0.2, 0) is 12.3 Å². The van der Waals surface area contributed by atoms with Crippen LogP contribution in [-0.4, -0.2) is 9.78 Å². The maximum atomic E-state index is 5.97. The number of benzene rings is 1. The largest absolute Gasteiger partial charge is 0.398 e. The van der Waals surface area contributed by atoms with Crippen LogP contribution < -0.4 is 5.73 Å². The third-order valence-electron chi connectivity index (χ3n) is 2.39. The van der Waals surface area contributed by atoms with Gasteiger partial charge in [-0.3, -0.25) is 4.68 Å². The van der Waals surface area contributed by atoms with Crippen molar-refractivity contribution >= 4 is 29.1 Å². The second-order valence-corrected chi connectivity index (χ2v) is 5.13. The molecule has 1 heterocycles. The van der Waals surface area contributed by atoms with Crippen LogP contribution >= 0.6 is 23.4 Å². The summed E-state index contributed by atoms with van der Waals surface area (Å²) in [6.07, 6.45) is 3.96. The number of thioether (sulfide) groups is 1. The van der Waals surface area contributed by atoms with Gasteiger partial charge in [0.25, 0.3) is 0 Å². The lowest BCUT2D eigenvalue weighted by Gasteiger charge is -2.02. The van der Waals surface area contributed by atoms with Crippen LogP contribution in [0, 0.1) is 0 Å². The van der Waals surface area contributed by atoms with Crippen molar-refractivity contribution in [2.24, 2.45) is 0 Å². The van der Waals surface area contributed by atoms with Crippen molar-refractivity contribution in [2.75, 3.05) is 5.73 Å². The highest BCUT2D eigenvalue weighted by Crippen LogP contribution is 2.28. The van der Waals surface area contributed by atoms with E-state index >= 15 is 0 Å². The molecule has 0 spiro atoms. The fourth-order valence-electron chi connectivity index (χ4n) is 1.42. The molecule has 0 amide bonds. The minimum absolute atomic E-state index is 0.610. The van der Waals surface area contributed by atoms with Gasteiger partial charge in [0, 0.05) is 29.0 Å². The summed E-state index contributed by atoms with van der Waals surface area (Å²) >= 11 is 7.69. The number of hydrogen-bond donors (Lipinski definition) is 1. The Morgan fingerprint density at radius 3 is 2.94 bits per heavy atom. The molecular formula is C12H14ClN3S. The Morgan fingerprint density at radius 1 is 1.47 bits per heavy atom. The van der Waals surface area contributed by atoms with E-state index in [-0.39, 0.29) is 0 Å². The van der Waals surface area contributed by atoms with E-state index in [1.807, 2.05) is 29.1 Å². The molecule has 0 atom stereocenters. The van der Waals surface area contributed by atoms with Crippen LogP contribution in [0.15, 0.2) is 35.5 Å². The summed E-state index contributed by atoms with van der Waals surface area (Å²) < 4.78 is 1.92. The Bertz CT molecular complexity index is 510. The molecule has 17 heavy (non-hydrogen) atoms. The zero-order valence-electron chi connectivity index (χ0n) is 9.56. The average Bonchev–Trinajstić information content (AvgIpc) is 2.79. The lowest BCUT2D eigenvalue weighted by molar-refractivity contribution is 0.659. The topological polar surface area (TPSA) is 43.8 Å². The molecule has 0 unspecified atom stereocenters. The standard InChI is InChI=1S/C12H14ClN3S/c1-2-16-7-9(6-15-16)8-17-10-3-4-12(14)11(13)5-10/h3-7H,2,8,14H2,1H3. The van der Waals surface area contributed by atoms with E-state index in [9.17, 15) is 0 Å². The first-order valence-corrected chi connectivity index (χ1v) is 6.74. The predicted molar refractivity (Wildman–Crippen MR) is 73.3 cm³/mol. The lowest BCUT2D eigenvalue weighted by Crippen LogP contribution is -1.92. The number of rotatable bonds is 4. The molecule has 5 heteroatoms. The zero-order valence-corrected chi connectivity index (χ0v) is 11.1. The minimum atomic E-state index is 0.610. The Hall–Kier alpha value is -1.13. The highest BCUT2D eigenvalue weighted by molar-refractivity contribution is 7.98. The molecule has 2 aromatic rings. The first-order valence-electron chi connectivity index (χ1n) is 5.38. The summed E-state index contributed by atoms with van der Waals surface area (Å²) in [5, 5.41) is 4.85. The maximum Gasteiger partial charge on any atom is 0.0646 e. The number of anilines is 1. The quantitative estimate of drug-likeness (QED) is 0.682. The van der Waals surface area contributed by atoms with Crippen molar-refractivity contribution in [3.8, 4) is 0 Å². The van der Waals surface area contributed by atoms with E-state index in [0.29, 0.717) is 10.7 Å². The van der Waals surface area contributed by atoms with Gasteiger partial charge in [-0.05, 0) is 25.1 Å². The summed E-state index contributed by atoms with van der Waals surface area (Å²) in [5.74, 6) is 0.889. The first-order chi connectivity index (χ1) is 8.19. The van der Waals surface area contributed by atoms with E-state index in [1.165, 1.54) is 5.56 Å². The minimum Gasteiger partial charge on any atom is -0.398 e. The van der Waals surface area contributed by atoms with Crippen LogP contribution in [0.1, 0.15) is 12.5 Å². The molecule has 90 valence electrons. The van der Waals surface area contributed by atoms with Gasteiger partial charge in [0.05, 0.1) is 16.9 Å². The molecule has 0 radical (unpaired) electrons. The van der Waals surface area contributed by atoms with Gasteiger partial charge in [0.15, 0.2) is 0 Å². The summed E-state index contributed by atoms with van der Waals surface area (Å²) in [7, 11) is 0. The fourth-order valence-corrected chi connectivity index (χ4v) is 2.51. The normalized spacial score (nSPS) is 10.7. The molecule has 1 aromatic carbocycles. The molecule has 0 aliphatic carbocycles. The SMILES string of the molecule is CCn1cc(CSc2ccc(N)c(Cl)c2)cn1. The third-order valence-corrected chi connectivity index (χ3v) is 3.78. The highest BCUT2D eigenvalue weighted by atomic mass is 35.5. The Labute approximate surface area is 110 Å². The van der Waals surface area contributed by atoms with Gasteiger partial charge in [-0.1, -0.05) is 11.6 Å². The van der Waals surface area contributed by atoms with Crippen LogP contribution in [0.25, 0.3) is 0 Å². The number of aryl methyl sites for hydroxylation is 1. The molecule has 2 N–H and O–H groups in total. The number of nitrogen functional groups attached to an aromatic ring is 1. The molecule has 0 aliphatic heterocycles. The van der Waals surface area contributed by atoms with Crippen LogP contribution in [0.5, 0.6) is 0 Å². The maximum absolute atomic E-state index is 5.97. The van der Waals surface area contributed by atoms with E-state index in [1.54, 1.807) is 11.8 Å². The molecule has 0 saturated heterocycles. The van der Waals surface area contributed by atoms with Crippen LogP contribution in [0.2, 0.25) is 5.02 Å². The lowest BCUT2D eigenvalue weighted by atomic mass is 10.3. The molecule has 2 rings (SSSR count). The molecular weight excluding hydrogens is 254 g/mol. The smallest absolute Gasteiger partial charge is 0.0646 e.